The van der Waals surface area contributed by atoms with Crippen LogP contribution in [0.3, 0.4) is 0 Å². The van der Waals surface area contributed by atoms with Crippen LogP contribution in [-0.4, -0.2) is 55.4 Å². The standard InChI is InChI=1S/C20H22BrN7O2/c1-12-4-3-6-27(12)11-18(29)23-15-9-16(13(2)22-10-15)24-20(30)19-26-25-17-8-14(21)5-7-28(17)19/h5,7-10,12H,3-4,6,11H2,1-2H3,(H,23,29)(H,24,30)/t12-/m1/s1. The Balaban J connectivity index is 1.47. The van der Waals surface area contributed by atoms with Crippen LogP contribution < -0.4 is 10.6 Å². The molecule has 30 heavy (non-hydrogen) atoms. The van der Waals surface area contributed by atoms with Gasteiger partial charge in [0, 0.05) is 16.7 Å². The number of aryl methyl sites for hydroxylation is 1. The minimum Gasteiger partial charge on any atom is -0.324 e. The summed E-state index contributed by atoms with van der Waals surface area (Å²) in [5.41, 5.74) is 2.22. The van der Waals surface area contributed by atoms with Crippen LogP contribution in [0, 0.1) is 6.92 Å². The second kappa shape index (κ2) is 8.49. The van der Waals surface area contributed by atoms with Gasteiger partial charge in [0.25, 0.3) is 5.91 Å². The molecule has 0 bridgehead atoms. The zero-order valence-electron chi connectivity index (χ0n) is 16.7. The van der Waals surface area contributed by atoms with Gasteiger partial charge < -0.3 is 10.6 Å². The molecular weight excluding hydrogens is 450 g/mol. The number of hydrogen-bond donors (Lipinski definition) is 2. The van der Waals surface area contributed by atoms with Crippen LogP contribution in [0.25, 0.3) is 5.65 Å². The number of hydrogen-bond acceptors (Lipinski definition) is 6. The van der Waals surface area contributed by atoms with Gasteiger partial charge in [0.1, 0.15) is 0 Å². The summed E-state index contributed by atoms with van der Waals surface area (Å²) in [5.74, 6) is -0.348. The molecule has 9 nitrogen and oxygen atoms in total. The maximum Gasteiger partial charge on any atom is 0.294 e. The number of rotatable bonds is 5. The number of nitrogens with one attached hydrogen (secondary N) is 2. The lowest BCUT2D eigenvalue weighted by atomic mass is 10.2. The molecule has 2 amide bonds. The Hall–Kier alpha value is -2.85. The number of halogens is 1. The van der Waals surface area contributed by atoms with E-state index in [4.69, 9.17) is 0 Å². The first kappa shape index (κ1) is 20.4. The lowest BCUT2D eigenvalue weighted by Gasteiger charge is -2.20. The molecule has 0 aromatic carbocycles. The van der Waals surface area contributed by atoms with E-state index < -0.39 is 5.91 Å². The van der Waals surface area contributed by atoms with Crippen molar-refractivity contribution < 1.29 is 9.59 Å². The molecule has 1 saturated heterocycles. The Morgan fingerprint density at radius 1 is 1.27 bits per heavy atom. The Kier molecular flexibility index (Phi) is 5.78. The van der Waals surface area contributed by atoms with Gasteiger partial charge in [-0.25, -0.2) is 0 Å². The van der Waals surface area contributed by atoms with Gasteiger partial charge in [0.15, 0.2) is 5.65 Å². The van der Waals surface area contributed by atoms with Gasteiger partial charge >= 0.3 is 0 Å². The van der Waals surface area contributed by atoms with Crippen LogP contribution in [-0.2, 0) is 4.79 Å². The van der Waals surface area contributed by atoms with E-state index in [-0.39, 0.29) is 11.7 Å². The Labute approximate surface area is 182 Å². The van der Waals surface area contributed by atoms with Crippen molar-refractivity contribution in [2.24, 2.45) is 0 Å². The molecule has 1 aliphatic rings. The molecule has 3 aromatic rings. The average molecular weight is 472 g/mol. The summed E-state index contributed by atoms with van der Waals surface area (Å²) in [5, 5.41) is 13.7. The van der Waals surface area contributed by atoms with Gasteiger partial charge in [0.2, 0.25) is 11.7 Å². The number of carbonyl (C=O) groups excluding carboxylic acids is 2. The predicted octanol–water partition coefficient (Wildman–Crippen LogP) is 2.87. The van der Waals surface area contributed by atoms with Gasteiger partial charge in [-0.05, 0) is 51.4 Å². The van der Waals surface area contributed by atoms with Gasteiger partial charge in [-0.15, -0.1) is 10.2 Å². The first-order valence-corrected chi connectivity index (χ1v) is 10.5. The highest BCUT2D eigenvalue weighted by Crippen LogP contribution is 2.20. The van der Waals surface area contributed by atoms with Crippen molar-refractivity contribution in [2.75, 3.05) is 23.7 Å². The number of aromatic nitrogens is 4. The summed E-state index contributed by atoms with van der Waals surface area (Å²) in [4.78, 5) is 31.6. The van der Waals surface area contributed by atoms with Crippen LogP contribution in [0.1, 0.15) is 36.1 Å². The van der Waals surface area contributed by atoms with Crippen LogP contribution >= 0.6 is 15.9 Å². The van der Waals surface area contributed by atoms with E-state index in [1.54, 1.807) is 41.9 Å². The second-order valence-corrected chi connectivity index (χ2v) is 8.33. The molecule has 1 atom stereocenters. The van der Waals surface area contributed by atoms with Crippen molar-refractivity contribution in [1.82, 2.24) is 24.5 Å². The maximum atomic E-state index is 12.8. The van der Waals surface area contributed by atoms with E-state index in [0.29, 0.717) is 35.3 Å². The number of fused-ring (bicyclic) bond motifs is 1. The fraction of sp³-hybridized carbons (Fsp3) is 0.350. The monoisotopic (exact) mass is 471 g/mol. The van der Waals surface area contributed by atoms with Gasteiger partial charge in [0.05, 0.1) is 29.8 Å². The summed E-state index contributed by atoms with van der Waals surface area (Å²) in [6.45, 7) is 5.20. The van der Waals surface area contributed by atoms with Crippen LogP contribution in [0.5, 0.6) is 0 Å². The first-order valence-electron chi connectivity index (χ1n) is 9.73. The van der Waals surface area contributed by atoms with E-state index in [2.05, 4.69) is 53.6 Å². The lowest BCUT2D eigenvalue weighted by molar-refractivity contribution is -0.117. The summed E-state index contributed by atoms with van der Waals surface area (Å²) in [6.07, 6.45) is 5.53. The zero-order valence-corrected chi connectivity index (χ0v) is 18.3. The molecule has 4 rings (SSSR count). The highest BCUT2D eigenvalue weighted by molar-refractivity contribution is 9.10. The topological polar surface area (TPSA) is 105 Å². The van der Waals surface area contributed by atoms with E-state index in [1.165, 1.54) is 0 Å². The third-order valence-electron chi connectivity index (χ3n) is 5.23. The number of carbonyl (C=O) groups is 2. The number of nitrogens with zero attached hydrogens (tertiary/aromatic N) is 5. The number of anilines is 2. The fourth-order valence-electron chi connectivity index (χ4n) is 3.54. The molecule has 0 saturated carbocycles. The Morgan fingerprint density at radius 2 is 2.10 bits per heavy atom. The summed E-state index contributed by atoms with van der Waals surface area (Å²) in [7, 11) is 0. The highest BCUT2D eigenvalue weighted by Gasteiger charge is 2.22. The maximum absolute atomic E-state index is 12.8. The van der Waals surface area contributed by atoms with Gasteiger partial charge in [-0.3, -0.25) is 23.9 Å². The zero-order chi connectivity index (χ0) is 21.3. The summed E-state index contributed by atoms with van der Waals surface area (Å²) in [6, 6.07) is 5.69. The normalized spacial score (nSPS) is 16.7. The van der Waals surface area contributed by atoms with Crippen molar-refractivity contribution in [3.8, 4) is 0 Å². The molecule has 0 unspecified atom stereocenters. The van der Waals surface area contributed by atoms with Crippen molar-refractivity contribution in [3.05, 3.63) is 46.6 Å². The minimum absolute atomic E-state index is 0.0966. The van der Waals surface area contributed by atoms with Crippen LogP contribution in [0.4, 0.5) is 11.4 Å². The molecule has 0 spiro atoms. The largest absolute Gasteiger partial charge is 0.324 e. The summed E-state index contributed by atoms with van der Waals surface area (Å²) < 4.78 is 2.45. The highest BCUT2D eigenvalue weighted by atomic mass is 79.9. The van der Waals surface area contributed by atoms with Crippen molar-refractivity contribution in [3.63, 3.8) is 0 Å². The second-order valence-electron chi connectivity index (χ2n) is 7.42. The molecular formula is C20H22BrN7O2. The Bertz CT molecular complexity index is 1110. The van der Waals surface area contributed by atoms with E-state index in [1.807, 2.05) is 0 Å². The molecule has 10 heteroatoms. The number of pyridine rings is 2. The number of amides is 2. The van der Waals surface area contributed by atoms with Crippen molar-refractivity contribution >= 4 is 44.8 Å². The summed E-state index contributed by atoms with van der Waals surface area (Å²) >= 11 is 3.37. The molecule has 1 aliphatic heterocycles. The molecule has 156 valence electrons. The lowest BCUT2D eigenvalue weighted by Crippen LogP contribution is -2.35. The minimum atomic E-state index is -0.413. The molecule has 0 radical (unpaired) electrons. The predicted molar refractivity (Wildman–Crippen MR) is 117 cm³/mol. The SMILES string of the molecule is Cc1ncc(NC(=O)CN2CCC[C@H]2C)cc1NC(=O)c1nnc2cc(Br)ccn12. The van der Waals surface area contributed by atoms with E-state index in [9.17, 15) is 9.59 Å². The first-order chi connectivity index (χ1) is 14.4. The van der Waals surface area contributed by atoms with E-state index in [0.717, 1.165) is 23.9 Å². The molecule has 4 heterocycles. The smallest absolute Gasteiger partial charge is 0.294 e. The molecule has 1 fully saturated rings. The van der Waals surface area contributed by atoms with Crippen LogP contribution in [0.2, 0.25) is 0 Å². The van der Waals surface area contributed by atoms with Crippen molar-refractivity contribution in [2.45, 2.75) is 32.7 Å². The van der Waals surface area contributed by atoms with Gasteiger partial charge in [-0.2, -0.15) is 0 Å². The van der Waals surface area contributed by atoms with Crippen molar-refractivity contribution in [1.29, 1.82) is 0 Å². The van der Waals surface area contributed by atoms with Crippen LogP contribution in [0.15, 0.2) is 35.1 Å². The quantitative estimate of drug-likeness (QED) is 0.592. The molecule has 0 aliphatic carbocycles. The third-order valence-corrected chi connectivity index (χ3v) is 5.72. The number of likely N-dealkylation sites (tertiary alicyclic amines) is 1. The fourth-order valence-corrected chi connectivity index (χ4v) is 3.86. The Morgan fingerprint density at radius 3 is 2.87 bits per heavy atom. The average Bonchev–Trinajstić information content (AvgIpc) is 3.30. The molecule has 2 N–H and O–H groups in total. The van der Waals surface area contributed by atoms with Gasteiger partial charge in [-0.1, -0.05) is 15.9 Å². The van der Waals surface area contributed by atoms with E-state index >= 15 is 0 Å². The third kappa shape index (κ3) is 4.34. The molecule has 3 aromatic heterocycles.